The van der Waals surface area contributed by atoms with Gasteiger partial charge in [0.05, 0.1) is 14.4 Å². The third kappa shape index (κ3) is 3.67. The van der Waals surface area contributed by atoms with Gasteiger partial charge in [-0.3, -0.25) is 0 Å². The highest BCUT2D eigenvalue weighted by Gasteiger charge is 2.23. The number of rotatable bonds is 4. The molecule has 2 aromatic heterocycles. The summed E-state index contributed by atoms with van der Waals surface area (Å²) in [7, 11) is 0. The summed E-state index contributed by atoms with van der Waals surface area (Å²) in [4.78, 5) is 21.6. The lowest BCUT2D eigenvalue weighted by Gasteiger charge is -2.20. The standard InChI is InChI=1S/C24H20N6O/c25-14-16-3-1-4-18(13-16)28-24(31)29-21-5-2-6-22-20(21)9-12-30(22)15-17-7-10-26-23-19(17)8-11-27-23/h1-8,10-11,13H,9,12,15H2,(H,26,27)(H2,28,29,31)/i15D2. The number of H-pyrrole nitrogens is 1. The molecule has 4 aromatic rings. The third-order valence-corrected chi connectivity index (χ3v) is 5.24. The van der Waals surface area contributed by atoms with Crippen molar-refractivity contribution in [2.24, 2.45) is 0 Å². The summed E-state index contributed by atoms with van der Waals surface area (Å²) in [6.45, 7) is -1.30. The monoisotopic (exact) mass is 410 g/mol. The highest BCUT2D eigenvalue weighted by Crippen LogP contribution is 2.35. The number of anilines is 3. The summed E-state index contributed by atoms with van der Waals surface area (Å²) in [6, 6.07) is 17.3. The van der Waals surface area contributed by atoms with Crippen molar-refractivity contribution in [1.82, 2.24) is 9.97 Å². The molecule has 7 heteroatoms. The Balaban J connectivity index is 1.41. The number of urea groups is 1. The zero-order chi connectivity index (χ0) is 23.0. The van der Waals surface area contributed by atoms with Crippen LogP contribution in [0.5, 0.6) is 0 Å². The van der Waals surface area contributed by atoms with E-state index in [1.807, 2.05) is 18.2 Å². The van der Waals surface area contributed by atoms with Crippen LogP contribution in [0.2, 0.25) is 0 Å². The molecule has 0 atom stereocenters. The number of nitrogens with one attached hydrogen (secondary N) is 3. The van der Waals surface area contributed by atoms with E-state index in [1.54, 1.807) is 59.8 Å². The van der Waals surface area contributed by atoms with Gasteiger partial charge in [0.25, 0.3) is 0 Å². The van der Waals surface area contributed by atoms with E-state index in [9.17, 15) is 4.79 Å². The largest absolute Gasteiger partial charge is 0.367 e. The Morgan fingerprint density at radius 1 is 1.23 bits per heavy atom. The molecule has 0 saturated carbocycles. The Hall–Kier alpha value is -4.31. The second kappa shape index (κ2) is 7.84. The van der Waals surface area contributed by atoms with Gasteiger partial charge in [0.1, 0.15) is 5.65 Å². The molecule has 0 aliphatic carbocycles. The van der Waals surface area contributed by atoms with Crippen LogP contribution in [0, 0.1) is 11.3 Å². The molecular formula is C24H20N6O. The molecule has 0 bridgehead atoms. The Kier molecular flexibility index (Phi) is 4.17. The van der Waals surface area contributed by atoms with E-state index >= 15 is 0 Å². The fourth-order valence-electron chi connectivity index (χ4n) is 3.82. The summed E-state index contributed by atoms with van der Waals surface area (Å²) in [6.07, 6.45) is 3.95. The van der Waals surface area contributed by atoms with Crippen molar-refractivity contribution in [3.8, 4) is 6.07 Å². The van der Waals surface area contributed by atoms with E-state index < -0.39 is 12.5 Å². The number of fused-ring (bicyclic) bond motifs is 2. The maximum atomic E-state index is 12.6. The average molecular weight is 410 g/mol. The first kappa shape index (κ1) is 16.5. The molecule has 0 radical (unpaired) electrons. The molecule has 2 aromatic carbocycles. The number of hydrogen-bond donors (Lipinski definition) is 3. The van der Waals surface area contributed by atoms with Gasteiger partial charge in [-0.05, 0) is 54.4 Å². The Labute approximate surface area is 182 Å². The van der Waals surface area contributed by atoms with Gasteiger partial charge in [-0.25, -0.2) is 9.78 Å². The minimum absolute atomic E-state index is 0.428. The highest BCUT2D eigenvalue weighted by molar-refractivity contribution is 6.01. The van der Waals surface area contributed by atoms with Gasteiger partial charge in [-0.1, -0.05) is 12.1 Å². The maximum absolute atomic E-state index is 12.6. The van der Waals surface area contributed by atoms with Crippen LogP contribution in [0.4, 0.5) is 21.9 Å². The average Bonchev–Trinajstić information content (AvgIpc) is 3.47. The Bertz CT molecular complexity index is 1410. The molecule has 1 aliphatic rings. The van der Waals surface area contributed by atoms with Gasteiger partial charge in [-0.2, -0.15) is 5.26 Å². The fourth-order valence-corrected chi connectivity index (χ4v) is 3.82. The van der Waals surface area contributed by atoms with E-state index in [0.717, 1.165) is 16.6 Å². The minimum Gasteiger partial charge on any atom is -0.367 e. The number of amides is 2. The fraction of sp³-hybridized carbons (Fsp3) is 0.125. The molecule has 0 fully saturated rings. The van der Waals surface area contributed by atoms with Gasteiger partial charge in [0.2, 0.25) is 0 Å². The summed E-state index contributed by atoms with van der Waals surface area (Å²) in [5.74, 6) is 0. The van der Waals surface area contributed by atoms with Gasteiger partial charge in [0.15, 0.2) is 0 Å². The lowest BCUT2D eigenvalue weighted by molar-refractivity contribution is 0.262. The summed E-state index contributed by atoms with van der Waals surface area (Å²) < 4.78 is 17.9. The molecule has 2 amide bonds. The number of pyridine rings is 1. The van der Waals surface area contributed by atoms with Crippen molar-refractivity contribution in [3.63, 3.8) is 0 Å². The first-order valence-corrected chi connectivity index (χ1v) is 9.87. The summed E-state index contributed by atoms with van der Waals surface area (Å²) in [5, 5.41) is 15.4. The molecule has 3 heterocycles. The predicted octanol–water partition coefficient (Wildman–Crippen LogP) is 4.64. The molecular weight excluding hydrogens is 388 g/mol. The Morgan fingerprint density at radius 3 is 3.03 bits per heavy atom. The van der Waals surface area contributed by atoms with Crippen LogP contribution in [0.3, 0.4) is 0 Å². The SMILES string of the molecule is [2H]C([2H])(c1ccnc2[nH]ccc12)N1CCc2c(NC(=O)Nc3cccc(C#N)c3)cccc21. The third-order valence-electron chi connectivity index (χ3n) is 5.24. The lowest BCUT2D eigenvalue weighted by atomic mass is 10.1. The number of benzene rings is 2. The van der Waals surface area contributed by atoms with Crippen molar-refractivity contribution < 1.29 is 7.54 Å². The molecule has 152 valence electrons. The number of carbonyl (C=O) groups is 1. The van der Waals surface area contributed by atoms with Crippen LogP contribution in [0.15, 0.2) is 67.0 Å². The second-order valence-electron chi connectivity index (χ2n) is 7.19. The van der Waals surface area contributed by atoms with Crippen LogP contribution < -0.4 is 15.5 Å². The molecule has 0 spiro atoms. The predicted molar refractivity (Wildman–Crippen MR) is 121 cm³/mol. The van der Waals surface area contributed by atoms with Crippen molar-refractivity contribution in [2.75, 3.05) is 22.1 Å². The zero-order valence-electron chi connectivity index (χ0n) is 18.5. The number of hydrogen-bond acceptors (Lipinski definition) is 4. The van der Waals surface area contributed by atoms with Gasteiger partial charge in [-0.15, -0.1) is 0 Å². The van der Waals surface area contributed by atoms with Crippen LogP contribution in [0.25, 0.3) is 11.0 Å². The van der Waals surface area contributed by atoms with Gasteiger partial charge < -0.3 is 20.5 Å². The van der Waals surface area contributed by atoms with Crippen LogP contribution in [0.1, 0.15) is 19.4 Å². The molecule has 3 N–H and O–H groups in total. The lowest BCUT2D eigenvalue weighted by Crippen LogP contribution is -2.20. The molecule has 5 rings (SSSR count). The topological polar surface area (TPSA) is 96.8 Å². The molecule has 31 heavy (non-hydrogen) atoms. The van der Waals surface area contributed by atoms with Crippen LogP contribution in [-0.4, -0.2) is 22.5 Å². The quantitative estimate of drug-likeness (QED) is 0.456. The number of aromatic nitrogens is 2. The molecule has 7 nitrogen and oxygen atoms in total. The number of carbonyl (C=O) groups excluding carboxylic acids is 1. The highest BCUT2D eigenvalue weighted by atomic mass is 16.2. The molecule has 0 unspecified atom stereocenters. The number of aromatic amines is 1. The van der Waals surface area contributed by atoms with Crippen LogP contribution in [-0.2, 0) is 12.9 Å². The van der Waals surface area contributed by atoms with E-state index in [-0.39, 0.29) is 0 Å². The summed E-state index contributed by atoms with van der Waals surface area (Å²) >= 11 is 0. The van der Waals surface area contributed by atoms with Gasteiger partial charge >= 0.3 is 6.03 Å². The van der Waals surface area contributed by atoms with Crippen molar-refractivity contribution in [3.05, 3.63) is 83.7 Å². The van der Waals surface area contributed by atoms with Crippen molar-refractivity contribution in [2.45, 2.75) is 12.9 Å². The molecule has 1 aliphatic heterocycles. The zero-order valence-corrected chi connectivity index (χ0v) is 16.5. The van der Waals surface area contributed by atoms with E-state index in [4.69, 9.17) is 8.00 Å². The maximum Gasteiger partial charge on any atom is 0.323 e. The van der Waals surface area contributed by atoms with Crippen molar-refractivity contribution in [1.29, 1.82) is 5.26 Å². The smallest absolute Gasteiger partial charge is 0.323 e. The minimum atomic E-state index is -1.77. The normalized spacial score (nSPS) is 13.8. The van der Waals surface area contributed by atoms with Gasteiger partial charge in [0, 0.05) is 53.4 Å². The van der Waals surface area contributed by atoms with Crippen molar-refractivity contribution >= 4 is 34.1 Å². The van der Waals surface area contributed by atoms with E-state index in [0.29, 0.717) is 41.1 Å². The Morgan fingerprint density at radius 2 is 2.13 bits per heavy atom. The van der Waals surface area contributed by atoms with E-state index in [2.05, 4.69) is 20.6 Å². The summed E-state index contributed by atoms with van der Waals surface area (Å²) in [5.41, 5.74) is 4.40. The molecule has 0 saturated heterocycles. The van der Waals surface area contributed by atoms with E-state index in [1.165, 1.54) is 0 Å². The first-order valence-electron chi connectivity index (χ1n) is 10.9. The number of nitrogens with zero attached hydrogens (tertiary/aromatic N) is 3. The number of nitriles is 1. The van der Waals surface area contributed by atoms with Crippen LogP contribution >= 0.6 is 0 Å². The second-order valence-corrected chi connectivity index (χ2v) is 7.19. The first-order chi connectivity index (χ1) is 16.0.